The van der Waals surface area contributed by atoms with E-state index in [0.717, 1.165) is 58.0 Å². The summed E-state index contributed by atoms with van der Waals surface area (Å²) in [5.74, 6) is 0.893. The van der Waals surface area contributed by atoms with Gasteiger partial charge in [0.1, 0.15) is 11.5 Å². The smallest absolute Gasteiger partial charge is 0.183 e. The molecule has 1 saturated heterocycles. The van der Waals surface area contributed by atoms with Gasteiger partial charge in [0.2, 0.25) is 0 Å². The number of thiazole rings is 1. The molecule has 2 heterocycles. The summed E-state index contributed by atoms with van der Waals surface area (Å²) >= 11 is 9.28. The molecule has 6 nitrogen and oxygen atoms in total. The van der Waals surface area contributed by atoms with E-state index in [4.69, 9.17) is 26.1 Å². The third-order valence-electron chi connectivity index (χ3n) is 4.99. The number of nitrogens with zero attached hydrogens (tertiary/aromatic N) is 1. The highest BCUT2D eigenvalue weighted by Crippen LogP contribution is 2.39. The minimum atomic E-state index is 0.131. The van der Waals surface area contributed by atoms with Crippen molar-refractivity contribution in [2.75, 3.05) is 30.4 Å². The molecule has 1 aliphatic heterocycles. The van der Waals surface area contributed by atoms with Gasteiger partial charge in [0.15, 0.2) is 5.13 Å². The van der Waals surface area contributed by atoms with Crippen LogP contribution >= 0.6 is 34.9 Å². The molecular formula is C22H24ClN3O3S2. The molecule has 0 radical (unpaired) electrons. The minimum Gasteiger partial charge on any atom is -0.508 e. The molecule has 1 aromatic heterocycles. The van der Waals surface area contributed by atoms with Crippen molar-refractivity contribution in [1.29, 1.82) is 0 Å². The second-order valence-corrected chi connectivity index (χ2v) is 9.45. The number of ether oxygens (including phenoxy) is 2. The number of aromatic nitrogens is 1. The number of phenolic OH excluding ortho intramolecular Hbond substituents is 1. The summed E-state index contributed by atoms with van der Waals surface area (Å²) in [5, 5.41) is 14.5. The van der Waals surface area contributed by atoms with E-state index >= 15 is 0 Å². The monoisotopic (exact) mass is 477 g/mol. The maximum absolute atomic E-state index is 9.54. The molecule has 0 aliphatic carbocycles. The Morgan fingerprint density at radius 2 is 2.03 bits per heavy atom. The molecule has 0 spiro atoms. The summed E-state index contributed by atoms with van der Waals surface area (Å²) in [6.07, 6.45) is 2.01. The number of methoxy groups -OCH3 is 1. The van der Waals surface area contributed by atoms with Crippen molar-refractivity contribution in [1.82, 2.24) is 4.98 Å². The van der Waals surface area contributed by atoms with Crippen molar-refractivity contribution in [2.24, 2.45) is 0 Å². The molecule has 31 heavy (non-hydrogen) atoms. The number of anilines is 2. The number of hydrogen-bond donors (Lipinski definition) is 3. The average Bonchev–Trinajstić information content (AvgIpc) is 3.13. The second-order valence-electron chi connectivity index (χ2n) is 7.20. The molecule has 1 fully saturated rings. The van der Waals surface area contributed by atoms with Crippen LogP contribution in [0, 0.1) is 6.92 Å². The fraction of sp³-hybridized carbons (Fsp3) is 0.318. The van der Waals surface area contributed by atoms with E-state index in [1.807, 2.05) is 13.0 Å². The lowest BCUT2D eigenvalue weighted by molar-refractivity contribution is 0.0904. The fourth-order valence-electron chi connectivity index (χ4n) is 3.34. The van der Waals surface area contributed by atoms with Gasteiger partial charge in [0, 0.05) is 25.3 Å². The van der Waals surface area contributed by atoms with E-state index in [1.54, 1.807) is 30.6 Å². The molecule has 3 aromatic rings. The Morgan fingerprint density at radius 1 is 1.23 bits per heavy atom. The van der Waals surface area contributed by atoms with Gasteiger partial charge in [-0.05, 0) is 67.6 Å². The van der Waals surface area contributed by atoms with Crippen LogP contribution in [0.25, 0.3) is 10.4 Å². The standard InChI is InChI=1S/C22H24ClN3O3S2/c1-13-21(30-22(24-13)25-15-7-9-29-10-8-15)14-3-6-19(28-2)20(11-14)31-26-18-5-4-16(27)12-17(18)23/h3-6,11-12,15,26-27H,7-10H2,1-2H3,(H,24,25). The number of hydrogen-bond acceptors (Lipinski definition) is 8. The summed E-state index contributed by atoms with van der Waals surface area (Å²) in [6, 6.07) is 11.3. The summed E-state index contributed by atoms with van der Waals surface area (Å²) in [6.45, 7) is 3.63. The molecular weight excluding hydrogens is 454 g/mol. The number of phenols is 1. The first-order valence-corrected chi connectivity index (χ1v) is 12.0. The molecule has 3 N–H and O–H groups in total. The lowest BCUT2D eigenvalue weighted by Gasteiger charge is -2.22. The van der Waals surface area contributed by atoms with Crippen LogP contribution in [0.5, 0.6) is 11.5 Å². The van der Waals surface area contributed by atoms with Crippen LogP contribution in [0.15, 0.2) is 41.3 Å². The van der Waals surface area contributed by atoms with E-state index in [1.165, 1.54) is 18.0 Å². The molecule has 0 saturated carbocycles. The lowest BCUT2D eigenvalue weighted by Crippen LogP contribution is -2.27. The molecule has 164 valence electrons. The highest BCUT2D eigenvalue weighted by molar-refractivity contribution is 8.00. The Balaban J connectivity index is 1.54. The van der Waals surface area contributed by atoms with E-state index in [0.29, 0.717) is 16.8 Å². The fourth-order valence-corrected chi connectivity index (χ4v) is 5.49. The first-order valence-electron chi connectivity index (χ1n) is 9.95. The molecule has 0 bridgehead atoms. The Morgan fingerprint density at radius 3 is 2.77 bits per heavy atom. The topological polar surface area (TPSA) is 75.6 Å². The third-order valence-corrected chi connectivity index (χ3v) is 7.31. The van der Waals surface area contributed by atoms with E-state index in [-0.39, 0.29) is 5.75 Å². The largest absolute Gasteiger partial charge is 0.508 e. The van der Waals surface area contributed by atoms with Crippen molar-refractivity contribution in [2.45, 2.75) is 30.7 Å². The zero-order valence-corrected chi connectivity index (χ0v) is 19.7. The van der Waals surface area contributed by atoms with Crippen molar-refractivity contribution in [3.63, 3.8) is 0 Å². The van der Waals surface area contributed by atoms with Crippen LogP contribution in [0.2, 0.25) is 5.02 Å². The molecule has 0 atom stereocenters. The highest BCUT2D eigenvalue weighted by Gasteiger charge is 2.18. The lowest BCUT2D eigenvalue weighted by atomic mass is 10.1. The maximum atomic E-state index is 9.54. The number of aromatic hydroxyl groups is 1. The first kappa shape index (κ1) is 22.1. The second kappa shape index (κ2) is 9.99. The predicted molar refractivity (Wildman–Crippen MR) is 129 cm³/mol. The number of halogens is 1. The molecule has 9 heteroatoms. The summed E-state index contributed by atoms with van der Waals surface area (Å²) in [4.78, 5) is 6.79. The van der Waals surface area contributed by atoms with Crippen LogP contribution in [0.1, 0.15) is 18.5 Å². The zero-order valence-electron chi connectivity index (χ0n) is 17.3. The van der Waals surface area contributed by atoms with Crippen LogP contribution in [0.3, 0.4) is 0 Å². The van der Waals surface area contributed by atoms with Crippen LogP contribution < -0.4 is 14.8 Å². The van der Waals surface area contributed by atoms with Crippen LogP contribution in [-0.2, 0) is 4.74 Å². The van der Waals surface area contributed by atoms with Gasteiger partial charge in [-0.15, -0.1) is 0 Å². The number of aryl methyl sites for hydroxylation is 1. The quantitative estimate of drug-likeness (QED) is 0.276. The Kier molecular flexibility index (Phi) is 7.12. The normalized spacial score (nSPS) is 14.4. The van der Waals surface area contributed by atoms with Crippen LogP contribution in [-0.4, -0.2) is 36.5 Å². The average molecular weight is 478 g/mol. The maximum Gasteiger partial charge on any atom is 0.183 e. The van der Waals surface area contributed by atoms with E-state index in [2.05, 4.69) is 22.2 Å². The van der Waals surface area contributed by atoms with Gasteiger partial charge in [-0.25, -0.2) is 4.98 Å². The van der Waals surface area contributed by atoms with Gasteiger partial charge >= 0.3 is 0 Å². The first-order chi connectivity index (χ1) is 15.0. The Hall–Kier alpha value is -2.13. The Labute approximate surface area is 195 Å². The Bertz CT molecular complexity index is 1050. The molecule has 0 unspecified atom stereocenters. The minimum absolute atomic E-state index is 0.131. The van der Waals surface area contributed by atoms with Gasteiger partial charge < -0.3 is 24.6 Å². The van der Waals surface area contributed by atoms with Crippen molar-refractivity contribution < 1.29 is 14.6 Å². The van der Waals surface area contributed by atoms with Gasteiger partial charge in [-0.3, -0.25) is 0 Å². The number of nitrogens with one attached hydrogen (secondary N) is 2. The van der Waals surface area contributed by atoms with Crippen molar-refractivity contribution >= 4 is 45.7 Å². The molecule has 0 amide bonds. The van der Waals surface area contributed by atoms with E-state index in [9.17, 15) is 5.11 Å². The van der Waals surface area contributed by atoms with Crippen molar-refractivity contribution in [3.8, 4) is 21.9 Å². The summed E-state index contributed by atoms with van der Waals surface area (Å²) < 4.78 is 14.2. The van der Waals surface area contributed by atoms with Crippen molar-refractivity contribution in [3.05, 3.63) is 47.1 Å². The summed E-state index contributed by atoms with van der Waals surface area (Å²) in [5.41, 5.74) is 2.79. The van der Waals surface area contributed by atoms with Gasteiger partial charge in [-0.1, -0.05) is 22.9 Å². The third kappa shape index (κ3) is 5.38. The predicted octanol–water partition coefficient (Wildman–Crippen LogP) is 6.20. The zero-order chi connectivity index (χ0) is 21.8. The summed E-state index contributed by atoms with van der Waals surface area (Å²) in [7, 11) is 1.65. The van der Waals surface area contributed by atoms with Crippen LogP contribution in [0.4, 0.5) is 10.8 Å². The molecule has 2 aromatic carbocycles. The van der Waals surface area contributed by atoms with Gasteiger partial charge in [0.25, 0.3) is 0 Å². The number of rotatable bonds is 7. The van der Waals surface area contributed by atoms with E-state index < -0.39 is 0 Å². The van der Waals surface area contributed by atoms with Gasteiger partial charge in [-0.2, -0.15) is 0 Å². The van der Waals surface area contributed by atoms with Gasteiger partial charge in [0.05, 0.1) is 33.3 Å². The number of benzene rings is 2. The molecule has 1 aliphatic rings. The molecule has 4 rings (SSSR count). The SMILES string of the molecule is COc1ccc(-c2sc(NC3CCOCC3)nc2C)cc1SNc1ccc(O)cc1Cl. The highest BCUT2D eigenvalue weighted by atomic mass is 35.5.